The smallest absolute Gasteiger partial charge is 0.332 e. The third kappa shape index (κ3) is 4.42. The van der Waals surface area contributed by atoms with Gasteiger partial charge in [0.1, 0.15) is 0 Å². The van der Waals surface area contributed by atoms with Crippen molar-refractivity contribution < 1.29 is 14.3 Å². The molecule has 0 aromatic rings. The van der Waals surface area contributed by atoms with Crippen LogP contribution in [0.5, 0.6) is 0 Å². The summed E-state index contributed by atoms with van der Waals surface area (Å²) in [4.78, 5) is 22.0. The van der Waals surface area contributed by atoms with Crippen LogP contribution in [0.15, 0.2) is 0 Å². The molecule has 0 bridgehead atoms. The predicted molar refractivity (Wildman–Crippen MR) is 47.8 cm³/mol. The topological polar surface area (TPSA) is 105 Å². The minimum atomic E-state index is -1.31. The van der Waals surface area contributed by atoms with E-state index in [4.69, 9.17) is 11.0 Å². The third-order valence-corrected chi connectivity index (χ3v) is 1.36. The van der Waals surface area contributed by atoms with Crippen LogP contribution < -0.4 is 11.1 Å². The van der Waals surface area contributed by atoms with E-state index >= 15 is 0 Å². The van der Waals surface area contributed by atoms with Gasteiger partial charge in [-0.2, -0.15) is 5.26 Å². The van der Waals surface area contributed by atoms with Gasteiger partial charge in [0.15, 0.2) is 6.04 Å². The van der Waals surface area contributed by atoms with Gasteiger partial charge in [-0.15, -0.1) is 0 Å². The highest BCUT2D eigenvalue weighted by atomic mass is 16.5. The first-order valence-corrected chi connectivity index (χ1v) is 4.20. The van der Waals surface area contributed by atoms with Gasteiger partial charge in [-0.05, 0) is 6.92 Å². The quantitative estimate of drug-likeness (QED) is 0.332. The Morgan fingerprint density at radius 2 is 2.29 bits per heavy atom. The second-order valence-corrected chi connectivity index (χ2v) is 2.43. The van der Waals surface area contributed by atoms with Crippen molar-refractivity contribution in [2.24, 2.45) is 5.73 Å². The molecule has 0 heterocycles. The highest BCUT2D eigenvalue weighted by Gasteiger charge is 2.22. The summed E-state index contributed by atoms with van der Waals surface area (Å²) in [6.45, 7) is 1.98. The Labute approximate surface area is 82.0 Å². The lowest BCUT2D eigenvalue weighted by molar-refractivity contribution is -0.147. The van der Waals surface area contributed by atoms with Gasteiger partial charge in [0.25, 0.3) is 0 Å². The monoisotopic (exact) mass is 199 g/mol. The van der Waals surface area contributed by atoms with Crippen molar-refractivity contribution in [3.05, 3.63) is 0 Å². The summed E-state index contributed by atoms with van der Waals surface area (Å²) in [5.74, 6) is -1.39. The number of nitrogens with one attached hydrogen (secondary N) is 1. The fourth-order valence-corrected chi connectivity index (χ4v) is 0.691. The van der Waals surface area contributed by atoms with Gasteiger partial charge in [-0.25, -0.2) is 4.79 Å². The van der Waals surface area contributed by atoms with Gasteiger partial charge >= 0.3 is 5.97 Å². The van der Waals surface area contributed by atoms with Crippen molar-refractivity contribution >= 4 is 11.9 Å². The lowest BCUT2D eigenvalue weighted by Gasteiger charge is -2.09. The molecule has 0 aromatic carbocycles. The highest BCUT2D eigenvalue weighted by molar-refractivity contribution is 6.01. The fraction of sp³-hybridized carbons (Fsp3) is 0.625. The van der Waals surface area contributed by atoms with Crippen LogP contribution in [0.25, 0.3) is 0 Å². The van der Waals surface area contributed by atoms with Crippen LogP contribution >= 0.6 is 0 Å². The predicted octanol–water partition coefficient (Wildman–Crippen LogP) is -1.09. The van der Waals surface area contributed by atoms with E-state index in [-0.39, 0.29) is 19.6 Å². The number of nitrogens with two attached hydrogens (primary N) is 1. The number of esters is 1. The molecule has 0 radical (unpaired) electrons. The summed E-state index contributed by atoms with van der Waals surface area (Å²) in [5.41, 5.74) is 5.26. The van der Waals surface area contributed by atoms with Crippen molar-refractivity contribution in [2.45, 2.75) is 19.4 Å². The minimum absolute atomic E-state index is 0.179. The lowest BCUT2D eigenvalue weighted by atomic mass is 10.3. The number of nitriles is 1. The molecule has 14 heavy (non-hydrogen) atoms. The molecule has 0 aliphatic carbocycles. The van der Waals surface area contributed by atoms with Crippen LogP contribution in [0.4, 0.5) is 0 Å². The van der Waals surface area contributed by atoms with Gasteiger partial charge < -0.3 is 15.8 Å². The number of hydrogen-bond acceptors (Lipinski definition) is 5. The van der Waals surface area contributed by atoms with Crippen molar-refractivity contribution in [1.29, 1.82) is 5.26 Å². The molecule has 0 aliphatic rings. The van der Waals surface area contributed by atoms with Crippen molar-refractivity contribution in [3.8, 4) is 6.07 Å². The number of carbonyl (C=O) groups excluding carboxylic acids is 2. The van der Waals surface area contributed by atoms with Gasteiger partial charge in [-0.1, -0.05) is 0 Å². The summed E-state index contributed by atoms with van der Waals surface area (Å²) < 4.78 is 4.54. The SMILES string of the molecule is CCOC(=O)C(N)C(=O)NCCC#N. The van der Waals surface area contributed by atoms with E-state index in [9.17, 15) is 9.59 Å². The molecule has 1 amide bonds. The summed E-state index contributed by atoms with van der Waals surface area (Å²) in [6, 6.07) is 0.533. The first kappa shape index (κ1) is 12.4. The molecule has 1 atom stereocenters. The van der Waals surface area contributed by atoms with E-state index in [1.165, 1.54) is 0 Å². The van der Waals surface area contributed by atoms with E-state index < -0.39 is 17.9 Å². The molecule has 0 spiro atoms. The maximum Gasteiger partial charge on any atom is 0.332 e. The van der Waals surface area contributed by atoms with Crippen molar-refractivity contribution in [2.75, 3.05) is 13.2 Å². The Morgan fingerprint density at radius 3 is 2.79 bits per heavy atom. The Kier molecular flexibility index (Phi) is 6.07. The molecule has 1 unspecified atom stereocenters. The zero-order valence-electron chi connectivity index (χ0n) is 7.95. The van der Waals surface area contributed by atoms with Crippen LogP contribution in [-0.4, -0.2) is 31.1 Å². The Balaban J connectivity index is 3.87. The fourth-order valence-electron chi connectivity index (χ4n) is 0.691. The molecule has 0 saturated carbocycles. The van der Waals surface area contributed by atoms with Crippen molar-refractivity contribution in [1.82, 2.24) is 5.32 Å². The maximum absolute atomic E-state index is 11.1. The number of ether oxygens (including phenoxy) is 1. The second kappa shape index (κ2) is 6.86. The van der Waals surface area contributed by atoms with Crippen LogP contribution in [0.2, 0.25) is 0 Å². The summed E-state index contributed by atoms with van der Waals surface area (Å²) in [5, 5.41) is 10.5. The summed E-state index contributed by atoms with van der Waals surface area (Å²) in [7, 11) is 0. The number of carbonyl (C=O) groups is 2. The number of rotatable bonds is 5. The molecular formula is C8H13N3O3. The molecule has 0 aliphatic heterocycles. The van der Waals surface area contributed by atoms with Crippen LogP contribution in [0, 0.1) is 11.3 Å². The molecule has 78 valence electrons. The molecule has 0 rings (SSSR count). The average Bonchev–Trinajstić information content (AvgIpc) is 2.17. The molecule has 0 saturated heterocycles. The van der Waals surface area contributed by atoms with Gasteiger partial charge in [-0.3, -0.25) is 4.79 Å². The summed E-state index contributed by atoms with van der Waals surface area (Å²) >= 11 is 0. The first-order chi connectivity index (χ1) is 6.63. The minimum Gasteiger partial charge on any atom is -0.464 e. The molecule has 0 fully saturated rings. The molecule has 6 heteroatoms. The highest BCUT2D eigenvalue weighted by Crippen LogP contribution is 1.86. The van der Waals surface area contributed by atoms with Gasteiger partial charge in [0, 0.05) is 6.54 Å². The number of hydrogen-bond donors (Lipinski definition) is 2. The average molecular weight is 199 g/mol. The Bertz CT molecular complexity index is 247. The number of nitrogens with zero attached hydrogens (tertiary/aromatic N) is 1. The van der Waals surface area contributed by atoms with Crippen LogP contribution in [-0.2, 0) is 14.3 Å². The first-order valence-electron chi connectivity index (χ1n) is 4.20. The van der Waals surface area contributed by atoms with E-state index in [1.54, 1.807) is 6.92 Å². The largest absolute Gasteiger partial charge is 0.464 e. The van der Waals surface area contributed by atoms with E-state index in [2.05, 4.69) is 10.1 Å². The maximum atomic E-state index is 11.1. The Morgan fingerprint density at radius 1 is 1.64 bits per heavy atom. The van der Waals surface area contributed by atoms with Gasteiger partial charge in [0.05, 0.1) is 19.1 Å². The van der Waals surface area contributed by atoms with Crippen LogP contribution in [0.1, 0.15) is 13.3 Å². The molecule has 3 N–H and O–H groups in total. The standard InChI is InChI=1S/C8H13N3O3/c1-2-14-8(13)6(10)7(12)11-5-3-4-9/h6H,2-3,5,10H2,1H3,(H,11,12). The zero-order chi connectivity index (χ0) is 11.0. The van der Waals surface area contributed by atoms with E-state index in [0.29, 0.717) is 0 Å². The molecule has 0 aromatic heterocycles. The van der Waals surface area contributed by atoms with Crippen LogP contribution in [0.3, 0.4) is 0 Å². The van der Waals surface area contributed by atoms with E-state index in [0.717, 1.165) is 0 Å². The zero-order valence-corrected chi connectivity index (χ0v) is 7.95. The van der Waals surface area contributed by atoms with Crippen molar-refractivity contribution in [3.63, 3.8) is 0 Å². The molecular weight excluding hydrogens is 186 g/mol. The molecule has 6 nitrogen and oxygen atoms in total. The Hall–Kier alpha value is -1.61. The lowest BCUT2D eigenvalue weighted by Crippen LogP contribution is -2.47. The normalized spacial score (nSPS) is 11.2. The van der Waals surface area contributed by atoms with Gasteiger partial charge in [0.2, 0.25) is 5.91 Å². The van der Waals surface area contributed by atoms with E-state index in [1.807, 2.05) is 6.07 Å². The summed E-state index contributed by atoms with van der Waals surface area (Å²) in [6.07, 6.45) is 0.182. The second-order valence-electron chi connectivity index (χ2n) is 2.43. The number of amides is 1. The third-order valence-electron chi connectivity index (χ3n) is 1.36.